The van der Waals surface area contributed by atoms with Crippen LogP contribution in [0.1, 0.15) is 30.3 Å². The molecule has 4 aromatic rings. The van der Waals surface area contributed by atoms with Crippen molar-refractivity contribution in [1.82, 2.24) is 29.5 Å². The molecule has 2 aromatic heterocycles. The van der Waals surface area contributed by atoms with E-state index in [9.17, 15) is 0 Å². The van der Waals surface area contributed by atoms with Gasteiger partial charge in [0, 0.05) is 23.2 Å². The first-order valence-corrected chi connectivity index (χ1v) is 9.87. The lowest BCUT2D eigenvalue weighted by molar-refractivity contribution is 0.696. The second-order valence-electron chi connectivity index (χ2n) is 7.32. The summed E-state index contributed by atoms with van der Waals surface area (Å²) in [7, 11) is 0. The molecule has 29 heavy (non-hydrogen) atoms. The molecule has 5 rings (SSSR count). The zero-order valence-electron chi connectivity index (χ0n) is 16.4. The number of rotatable bonds is 2. The third-order valence-corrected chi connectivity index (χ3v) is 5.59. The van der Waals surface area contributed by atoms with E-state index in [-0.39, 0.29) is 5.92 Å². The summed E-state index contributed by atoms with van der Waals surface area (Å²) in [5, 5.41) is 13.9. The fourth-order valence-corrected chi connectivity index (χ4v) is 4.04. The van der Waals surface area contributed by atoms with E-state index in [1.54, 1.807) is 6.33 Å². The molecule has 0 saturated heterocycles. The fraction of sp³-hybridized carbons (Fsp3) is 0.238. The highest BCUT2D eigenvalue weighted by atomic mass is 35.5. The number of hydrogen-bond donors (Lipinski definition) is 0. The van der Waals surface area contributed by atoms with Crippen molar-refractivity contribution < 1.29 is 0 Å². The van der Waals surface area contributed by atoms with Gasteiger partial charge in [-0.25, -0.2) is 9.67 Å². The predicted octanol–water partition coefficient (Wildman–Crippen LogP) is 4.37. The molecule has 0 N–H and O–H groups in total. The van der Waals surface area contributed by atoms with E-state index < -0.39 is 0 Å². The van der Waals surface area contributed by atoms with Crippen molar-refractivity contribution in [2.75, 3.05) is 11.4 Å². The number of fused-ring (bicyclic) bond motifs is 3. The Hall–Kier alpha value is -3.19. The number of halogens is 1. The van der Waals surface area contributed by atoms with E-state index in [0.29, 0.717) is 0 Å². The predicted molar refractivity (Wildman–Crippen MR) is 113 cm³/mol. The van der Waals surface area contributed by atoms with Crippen molar-refractivity contribution in [3.8, 4) is 11.4 Å². The topological polar surface area (TPSA) is 64.7 Å². The third-order valence-electron chi connectivity index (χ3n) is 5.34. The molecule has 1 aliphatic heterocycles. The highest BCUT2D eigenvalue weighted by Crippen LogP contribution is 2.39. The molecule has 1 aliphatic rings. The minimum absolute atomic E-state index is 0.191. The summed E-state index contributed by atoms with van der Waals surface area (Å²) in [6.07, 6.45) is 1.57. The highest BCUT2D eigenvalue weighted by Gasteiger charge is 2.28. The van der Waals surface area contributed by atoms with Crippen LogP contribution >= 0.6 is 11.6 Å². The second-order valence-corrected chi connectivity index (χ2v) is 7.76. The summed E-state index contributed by atoms with van der Waals surface area (Å²) in [6.45, 7) is 6.88. The molecule has 2 aromatic carbocycles. The Kier molecular flexibility index (Phi) is 4.13. The van der Waals surface area contributed by atoms with Gasteiger partial charge in [-0.05, 0) is 56.3 Å². The van der Waals surface area contributed by atoms with Gasteiger partial charge in [-0.3, -0.25) is 4.57 Å². The molecule has 0 saturated carbocycles. The largest absolute Gasteiger partial charge is 0.339 e. The van der Waals surface area contributed by atoms with Crippen molar-refractivity contribution in [3.05, 3.63) is 71.3 Å². The van der Waals surface area contributed by atoms with E-state index in [4.69, 9.17) is 11.6 Å². The van der Waals surface area contributed by atoms with Gasteiger partial charge in [0.2, 0.25) is 0 Å². The molecule has 0 fully saturated rings. The van der Waals surface area contributed by atoms with Gasteiger partial charge < -0.3 is 4.90 Å². The summed E-state index contributed by atoms with van der Waals surface area (Å²) < 4.78 is 3.99. The SMILES string of the molecule is Cc1ncnn1-c1ccc2c(c1)N(c1ccc(Cl)cc1)C[C@@H](C)c1nnc(C)n1-2. The summed E-state index contributed by atoms with van der Waals surface area (Å²) in [5.74, 6) is 2.86. The molecule has 0 amide bonds. The van der Waals surface area contributed by atoms with E-state index in [2.05, 4.69) is 54.9 Å². The number of aromatic nitrogens is 6. The van der Waals surface area contributed by atoms with Gasteiger partial charge in [0.25, 0.3) is 0 Å². The van der Waals surface area contributed by atoms with Crippen LogP contribution in [0.2, 0.25) is 5.02 Å². The Labute approximate surface area is 173 Å². The number of hydrogen-bond acceptors (Lipinski definition) is 5. The monoisotopic (exact) mass is 405 g/mol. The molecule has 8 heteroatoms. The fourth-order valence-electron chi connectivity index (χ4n) is 3.92. The van der Waals surface area contributed by atoms with Crippen molar-refractivity contribution in [3.63, 3.8) is 0 Å². The van der Waals surface area contributed by atoms with Crippen LogP contribution in [0.15, 0.2) is 48.8 Å². The molecule has 0 unspecified atom stereocenters. The van der Waals surface area contributed by atoms with Crippen LogP contribution in [0.3, 0.4) is 0 Å². The molecule has 3 heterocycles. The van der Waals surface area contributed by atoms with Gasteiger partial charge in [0.15, 0.2) is 0 Å². The Morgan fingerprint density at radius 3 is 2.41 bits per heavy atom. The number of nitrogens with zero attached hydrogens (tertiary/aromatic N) is 7. The zero-order valence-corrected chi connectivity index (χ0v) is 17.2. The molecule has 0 radical (unpaired) electrons. The van der Waals surface area contributed by atoms with Gasteiger partial charge in [-0.15, -0.1) is 10.2 Å². The Bertz CT molecular complexity index is 1190. The number of aryl methyl sites for hydroxylation is 2. The number of anilines is 2. The minimum atomic E-state index is 0.191. The van der Waals surface area contributed by atoms with Gasteiger partial charge in [-0.1, -0.05) is 18.5 Å². The van der Waals surface area contributed by atoms with Crippen LogP contribution in [-0.4, -0.2) is 36.1 Å². The second kappa shape index (κ2) is 6.70. The summed E-state index contributed by atoms with van der Waals surface area (Å²) >= 11 is 6.14. The summed E-state index contributed by atoms with van der Waals surface area (Å²) in [5.41, 5.74) is 4.14. The first-order valence-electron chi connectivity index (χ1n) is 9.49. The average Bonchev–Trinajstić information content (AvgIpc) is 3.29. The third kappa shape index (κ3) is 2.89. The molecule has 7 nitrogen and oxygen atoms in total. The maximum absolute atomic E-state index is 6.14. The summed E-state index contributed by atoms with van der Waals surface area (Å²) in [4.78, 5) is 6.57. The quantitative estimate of drug-likeness (QED) is 0.495. The molecule has 0 aliphatic carbocycles. The van der Waals surface area contributed by atoms with Crippen molar-refractivity contribution in [1.29, 1.82) is 0 Å². The van der Waals surface area contributed by atoms with E-state index in [1.165, 1.54) is 0 Å². The first-order chi connectivity index (χ1) is 14.0. The molecular weight excluding hydrogens is 386 g/mol. The maximum Gasteiger partial charge on any atom is 0.142 e. The zero-order chi connectivity index (χ0) is 20.1. The van der Waals surface area contributed by atoms with Gasteiger partial charge in [-0.2, -0.15) is 5.10 Å². The molecule has 146 valence electrons. The Morgan fingerprint density at radius 1 is 0.931 bits per heavy atom. The van der Waals surface area contributed by atoms with Crippen LogP contribution in [0, 0.1) is 13.8 Å². The van der Waals surface area contributed by atoms with E-state index in [1.807, 2.05) is 42.8 Å². The Balaban J connectivity index is 1.76. The van der Waals surface area contributed by atoms with Crippen molar-refractivity contribution in [2.45, 2.75) is 26.7 Å². The average molecular weight is 406 g/mol. The summed E-state index contributed by atoms with van der Waals surface area (Å²) in [6, 6.07) is 14.2. The number of benzene rings is 2. The standard InChI is InChI=1S/C21H20ClN7/c1-13-11-27(17-6-4-16(22)5-7-17)20-10-18(29-14(2)23-12-24-29)8-9-19(20)28-15(3)25-26-21(13)28/h4-10,12-13H,11H2,1-3H3/t13-/m1/s1. The van der Waals surface area contributed by atoms with Crippen LogP contribution in [0.4, 0.5) is 11.4 Å². The highest BCUT2D eigenvalue weighted by molar-refractivity contribution is 6.30. The lowest BCUT2D eigenvalue weighted by Gasteiger charge is -2.27. The van der Waals surface area contributed by atoms with Gasteiger partial charge in [0.1, 0.15) is 23.8 Å². The van der Waals surface area contributed by atoms with E-state index >= 15 is 0 Å². The van der Waals surface area contributed by atoms with Crippen molar-refractivity contribution in [2.24, 2.45) is 0 Å². The van der Waals surface area contributed by atoms with Crippen LogP contribution in [-0.2, 0) is 0 Å². The van der Waals surface area contributed by atoms with E-state index in [0.717, 1.165) is 51.8 Å². The van der Waals surface area contributed by atoms with Crippen LogP contribution in [0.5, 0.6) is 0 Å². The van der Waals surface area contributed by atoms with Crippen LogP contribution in [0.25, 0.3) is 11.4 Å². The van der Waals surface area contributed by atoms with Crippen molar-refractivity contribution >= 4 is 23.0 Å². The Morgan fingerprint density at radius 2 is 1.69 bits per heavy atom. The van der Waals surface area contributed by atoms with Gasteiger partial charge in [0.05, 0.1) is 17.1 Å². The lowest BCUT2D eigenvalue weighted by Crippen LogP contribution is -2.22. The molecular formula is C21H20ClN7. The molecule has 1 atom stereocenters. The van der Waals surface area contributed by atoms with Crippen LogP contribution < -0.4 is 4.90 Å². The van der Waals surface area contributed by atoms with Gasteiger partial charge >= 0.3 is 0 Å². The molecule has 0 bridgehead atoms. The first kappa shape index (κ1) is 17.9. The smallest absolute Gasteiger partial charge is 0.142 e. The maximum atomic E-state index is 6.14. The normalized spacial score (nSPS) is 15.7. The minimum Gasteiger partial charge on any atom is -0.339 e. The lowest BCUT2D eigenvalue weighted by atomic mass is 10.1. The molecule has 0 spiro atoms.